The Balaban J connectivity index is 2.80. The van der Waals surface area contributed by atoms with E-state index in [1.54, 1.807) is 0 Å². The molecule has 1 heterocycles. The number of hydrogen-bond acceptors (Lipinski definition) is 5. The van der Waals surface area contributed by atoms with E-state index in [1.807, 2.05) is 0 Å². The molecule has 0 aliphatic carbocycles. The van der Waals surface area contributed by atoms with E-state index < -0.39 is 29.2 Å². The van der Waals surface area contributed by atoms with Crippen molar-refractivity contribution in [2.24, 2.45) is 14.1 Å². The topological polar surface area (TPSA) is 99.4 Å². The molecule has 0 saturated heterocycles. The molecule has 0 bridgehead atoms. The molecule has 8 nitrogen and oxygen atoms in total. The Morgan fingerprint density at radius 1 is 1.39 bits per heavy atom. The lowest BCUT2D eigenvalue weighted by atomic mass is 10.3. The SMILES string of the molecule is C=CCNC(=O)C(C)OC(=O)/C=C/c1cn(C)c(=O)n(C)c1=O. The number of carbonyl (C=O) groups excluding carboxylic acids is 2. The number of nitrogens with one attached hydrogen (secondary N) is 1. The first-order valence-corrected chi connectivity index (χ1v) is 6.82. The Kier molecular flexibility index (Phi) is 6.25. The van der Waals surface area contributed by atoms with E-state index in [1.165, 1.54) is 43.9 Å². The molecule has 124 valence electrons. The van der Waals surface area contributed by atoms with E-state index in [9.17, 15) is 19.2 Å². The van der Waals surface area contributed by atoms with Crippen LogP contribution in [0.15, 0.2) is 34.5 Å². The van der Waals surface area contributed by atoms with Crippen molar-refractivity contribution in [3.63, 3.8) is 0 Å². The maximum absolute atomic E-state index is 11.9. The van der Waals surface area contributed by atoms with Crippen LogP contribution in [0.4, 0.5) is 0 Å². The number of carbonyl (C=O) groups is 2. The molecule has 1 amide bonds. The van der Waals surface area contributed by atoms with Crippen LogP contribution in [0.1, 0.15) is 12.5 Å². The molecule has 8 heteroatoms. The average molecular weight is 321 g/mol. The van der Waals surface area contributed by atoms with Crippen LogP contribution < -0.4 is 16.6 Å². The van der Waals surface area contributed by atoms with Crippen LogP contribution in [0.25, 0.3) is 6.08 Å². The van der Waals surface area contributed by atoms with Gasteiger partial charge in [-0.05, 0) is 13.0 Å². The maximum atomic E-state index is 11.9. The minimum absolute atomic E-state index is 0.148. The fourth-order valence-corrected chi connectivity index (χ4v) is 1.69. The highest BCUT2D eigenvalue weighted by Gasteiger charge is 2.15. The summed E-state index contributed by atoms with van der Waals surface area (Å²) >= 11 is 0. The summed E-state index contributed by atoms with van der Waals surface area (Å²) in [6, 6.07) is 0. The molecule has 0 aliphatic heterocycles. The molecular formula is C15H19N3O5. The lowest BCUT2D eigenvalue weighted by Crippen LogP contribution is -2.37. The molecule has 0 fully saturated rings. The van der Waals surface area contributed by atoms with Gasteiger partial charge in [-0.2, -0.15) is 0 Å². The molecule has 1 unspecified atom stereocenters. The minimum atomic E-state index is -0.977. The Morgan fingerprint density at radius 3 is 2.65 bits per heavy atom. The number of aromatic nitrogens is 2. The highest BCUT2D eigenvalue weighted by molar-refractivity contribution is 5.90. The van der Waals surface area contributed by atoms with Crippen LogP contribution in [0.5, 0.6) is 0 Å². The van der Waals surface area contributed by atoms with Gasteiger partial charge in [-0.15, -0.1) is 6.58 Å². The van der Waals surface area contributed by atoms with Gasteiger partial charge in [-0.1, -0.05) is 6.08 Å². The molecule has 0 radical (unpaired) electrons. The lowest BCUT2D eigenvalue weighted by Gasteiger charge is -2.11. The van der Waals surface area contributed by atoms with Gasteiger partial charge in [-0.3, -0.25) is 14.2 Å². The highest BCUT2D eigenvalue weighted by Crippen LogP contribution is 1.97. The molecule has 0 saturated carbocycles. The first-order valence-electron chi connectivity index (χ1n) is 6.82. The van der Waals surface area contributed by atoms with Crippen LogP contribution in [0, 0.1) is 0 Å². The molecule has 1 atom stereocenters. The van der Waals surface area contributed by atoms with Gasteiger partial charge in [-0.25, -0.2) is 9.59 Å². The van der Waals surface area contributed by atoms with Crippen molar-refractivity contribution in [2.75, 3.05) is 6.54 Å². The van der Waals surface area contributed by atoms with E-state index >= 15 is 0 Å². The summed E-state index contributed by atoms with van der Waals surface area (Å²) in [4.78, 5) is 46.6. The largest absolute Gasteiger partial charge is 0.449 e. The van der Waals surface area contributed by atoms with E-state index in [-0.39, 0.29) is 12.1 Å². The van der Waals surface area contributed by atoms with Gasteiger partial charge in [0.05, 0.1) is 5.56 Å². The van der Waals surface area contributed by atoms with Crippen molar-refractivity contribution in [1.82, 2.24) is 14.5 Å². The van der Waals surface area contributed by atoms with Crippen molar-refractivity contribution < 1.29 is 14.3 Å². The Bertz CT molecular complexity index is 757. The molecule has 1 N–H and O–H groups in total. The van der Waals surface area contributed by atoms with Crippen molar-refractivity contribution in [1.29, 1.82) is 0 Å². The van der Waals surface area contributed by atoms with E-state index in [0.29, 0.717) is 0 Å². The predicted molar refractivity (Wildman–Crippen MR) is 84.7 cm³/mol. The standard InChI is InChI=1S/C15H19N3O5/c1-5-8-16-13(20)10(2)23-12(19)7-6-11-9-17(3)15(22)18(4)14(11)21/h5-7,9-10H,1,8H2,2-4H3,(H,16,20)/b7-6+. The Morgan fingerprint density at radius 2 is 2.04 bits per heavy atom. The smallest absolute Gasteiger partial charge is 0.331 e. The van der Waals surface area contributed by atoms with Gasteiger partial charge in [0.15, 0.2) is 6.10 Å². The summed E-state index contributed by atoms with van der Waals surface area (Å²) in [6.07, 6.45) is 4.10. The van der Waals surface area contributed by atoms with Gasteiger partial charge >= 0.3 is 11.7 Å². The van der Waals surface area contributed by atoms with Crippen LogP contribution in [-0.2, 0) is 28.4 Å². The summed E-state index contributed by atoms with van der Waals surface area (Å²) in [6.45, 7) is 5.15. The second kappa shape index (κ2) is 7.92. The molecule has 0 spiro atoms. The van der Waals surface area contributed by atoms with Crippen molar-refractivity contribution in [3.05, 3.63) is 51.3 Å². The number of amides is 1. The van der Waals surface area contributed by atoms with Gasteiger partial charge < -0.3 is 14.6 Å². The minimum Gasteiger partial charge on any atom is -0.449 e. The Hall–Kier alpha value is -2.90. The van der Waals surface area contributed by atoms with Crippen LogP contribution >= 0.6 is 0 Å². The summed E-state index contributed by atoms with van der Waals surface area (Å²) in [7, 11) is 2.83. The summed E-state index contributed by atoms with van der Waals surface area (Å²) < 4.78 is 7.05. The zero-order chi connectivity index (χ0) is 17.6. The molecule has 1 aromatic heterocycles. The van der Waals surface area contributed by atoms with Crippen molar-refractivity contribution >= 4 is 18.0 Å². The van der Waals surface area contributed by atoms with Gasteiger partial charge in [0, 0.05) is 32.9 Å². The highest BCUT2D eigenvalue weighted by atomic mass is 16.5. The third kappa shape index (κ3) is 4.80. The number of aryl methyl sites for hydroxylation is 1. The monoisotopic (exact) mass is 321 g/mol. The van der Waals surface area contributed by atoms with E-state index in [2.05, 4.69) is 11.9 Å². The van der Waals surface area contributed by atoms with Crippen molar-refractivity contribution in [3.8, 4) is 0 Å². The lowest BCUT2D eigenvalue weighted by molar-refractivity contribution is -0.150. The zero-order valence-electron chi connectivity index (χ0n) is 13.2. The molecule has 1 aromatic rings. The average Bonchev–Trinajstić information content (AvgIpc) is 2.52. The molecular weight excluding hydrogens is 302 g/mol. The molecule has 23 heavy (non-hydrogen) atoms. The maximum Gasteiger partial charge on any atom is 0.331 e. The first-order chi connectivity index (χ1) is 10.8. The summed E-state index contributed by atoms with van der Waals surface area (Å²) in [5.74, 6) is -1.23. The number of esters is 1. The second-order valence-corrected chi connectivity index (χ2v) is 4.79. The summed E-state index contributed by atoms with van der Waals surface area (Å²) in [5, 5.41) is 2.49. The fourth-order valence-electron chi connectivity index (χ4n) is 1.69. The van der Waals surface area contributed by atoms with Gasteiger partial charge in [0.1, 0.15) is 0 Å². The predicted octanol–water partition coefficient (Wildman–Crippen LogP) is -0.669. The Labute approximate surface area is 132 Å². The third-order valence-corrected chi connectivity index (χ3v) is 2.95. The quantitative estimate of drug-likeness (QED) is 0.426. The van der Waals surface area contributed by atoms with Crippen LogP contribution in [0.3, 0.4) is 0 Å². The molecule has 0 aliphatic rings. The fraction of sp³-hybridized carbons (Fsp3) is 0.333. The summed E-state index contributed by atoms with van der Waals surface area (Å²) in [5.41, 5.74) is -0.855. The normalized spacial score (nSPS) is 12.0. The van der Waals surface area contributed by atoms with Crippen LogP contribution in [0.2, 0.25) is 0 Å². The van der Waals surface area contributed by atoms with Gasteiger partial charge in [0.25, 0.3) is 11.5 Å². The zero-order valence-corrected chi connectivity index (χ0v) is 13.2. The van der Waals surface area contributed by atoms with E-state index in [4.69, 9.17) is 4.74 Å². The van der Waals surface area contributed by atoms with Crippen molar-refractivity contribution in [2.45, 2.75) is 13.0 Å². The second-order valence-electron chi connectivity index (χ2n) is 4.79. The number of ether oxygens (including phenoxy) is 1. The molecule has 0 aromatic carbocycles. The first kappa shape index (κ1) is 18.1. The van der Waals surface area contributed by atoms with Crippen LogP contribution in [-0.4, -0.2) is 33.7 Å². The number of nitrogens with zero attached hydrogens (tertiary/aromatic N) is 2. The van der Waals surface area contributed by atoms with Gasteiger partial charge in [0.2, 0.25) is 0 Å². The third-order valence-electron chi connectivity index (χ3n) is 2.95. The molecule has 1 rings (SSSR count). The number of rotatable bonds is 6. The number of hydrogen-bond donors (Lipinski definition) is 1. The van der Waals surface area contributed by atoms with E-state index in [0.717, 1.165) is 10.6 Å².